The lowest BCUT2D eigenvalue weighted by molar-refractivity contribution is -0.0702. The number of nitrogens with one attached hydrogen (secondary N) is 1. The topological polar surface area (TPSA) is 109 Å². The Morgan fingerprint density at radius 3 is 2.43 bits per heavy atom. The number of fused-ring (bicyclic) bond motifs is 4. The third-order valence-corrected chi connectivity index (χ3v) is 9.25. The molecule has 3 heterocycles. The largest absolute Gasteiger partial charge is 0.390 e. The van der Waals surface area contributed by atoms with Crippen molar-refractivity contribution in [2.24, 2.45) is 0 Å². The van der Waals surface area contributed by atoms with Crippen molar-refractivity contribution in [2.75, 3.05) is 18.8 Å². The van der Waals surface area contributed by atoms with Gasteiger partial charge in [-0.2, -0.15) is 5.10 Å². The van der Waals surface area contributed by atoms with Gasteiger partial charge in [0, 0.05) is 41.8 Å². The quantitative estimate of drug-likeness (QED) is 0.480. The minimum atomic E-state index is -0.537. The van der Waals surface area contributed by atoms with E-state index in [1.807, 2.05) is 12.3 Å². The van der Waals surface area contributed by atoms with E-state index in [1.54, 1.807) is 6.20 Å². The molecule has 3 aliphatic carbocycles. The second-order valence-electron chi connectivity index (χ2n) is 11.8. The lowest BCUT2D eigenvalue weighted by Gasteiger charge is -2.51. The lowest BCUT2D eigenvalue weighted by atomic mass is 9.63. The highest BCUT2D eigenvalue weighted by molar-refractivity contribution is 6.00. The molecule has 4 fully saturated rings. The average molecular weight is 503 g/mol. The number of aromatic nitrogens is 3. The summed E-state index contributed by atoms with van der Waals surface area (Å²) in [7, 11) is 0. The standard InChI is InChI=1S/C29H38N6O2/c1-19(2)34-13-5-23(6-14-34)35-25-4-3-20(15-22(25)18-32-35)21-16-24(26(30)31-17-21)27(36)33-28-7-10-29(37,11-8-28)12-9-28/h3-4,15-19,23,37H,5-14H2,1-2H3,(H2,30,31)(H,33,36). The van der Waals surface area contributed by atoms with Gasteiger partial charge in [0.2, 0.25) is 0 Å². The minimum absolute atomic E-state index is 0.180. The summed E-state index contributed by atoms with van der Waals surface area (Å²) in [5.41, 5.74) is 8.78. The van der Waals surface area contributed by atoms with Crippen LogP contribution in [-0.2, 0) is 0 Å². The number of rotatable bonds is 5. The molecule has 3 aromatic rings. The predicted molar refractivity (Wildman–Crippen MR) is 145 cm³/mol. The molecule has 37 heavy (non-hydrogen) atoms. The Kier molecular flexibility index (Phi) is 5.99. The van der Waals surface area contributed by atoms with Crippen molar-refractivity contribution in [3.8, 4) is 11.1 Å². The fourth-order valence-corrected chi connectivity index (χ4v) is 6.65. The van der Waals surface area contributed by atoms with Crippen molar-refractivity contribution in [3.05, 3.63) is 42.2 Å². The van der Waals surface area contributed by atoms with E-state index in [9.17, 15) is 9.90 Å². The maximum absolute atomic E-state index is 13.3. The second kappa shape index (κ2) is 9.10. The Balaban J connectivity index is 1.22. The van der Waals surface area contributed by atoms with E-state index < -0.39 is 5.60 Å². The van der Waals surface area contributed by atoms with Crippen LogP contribution in [0.4, 0.5) is 5.82 Å². The number of nitrogens with two attached hydrogens (primary N) is 1. The number of hydrogen-bond acceptors (Lipinski definition) is 6. The molecule has 1 saturated heterocycles. The third-order valence-electron chi connectivity index (χ3n) is 9.25. The van der Waals surface area contributed by atoms with Crippen molar-refractivity contribution in [3.63, 3.8) is 0 Å². The highest BCUT2D eigenvalue weighted by atomic mass is 16.3. The van der Waals surface area contributed by atoms with Crippen molar-refractivity contribution < 1.29 is 9.90 Å². The number of hydrogen-bond donors (Lipinski definition) is 3. The van der Waals surface area contributed by atoms with Gasteiger partial charge in [0.25, 0.3) is 5.91 Å². The van der Waals surface area contributed by atoms with Gasteiger partial charge in [-0.3, -0.25) is 9.48 Å². The first-order valence-electron chi connectivity index (χ1n) is 13.8. The Labute approximate surface area is 218 Å². The monoisotopic (exact) mass is 502 g/mol. The maximum atomic E-state index is 13.3. The molecule has 2 bridgehead atoms. The highest BCUT2D eigenvalue weighted by Gasteiger charge is 2.48. The van der Waals surface area contributed by atoms with Gasteiger partial charge < -0.3 is 21.1 Å². The predicted octanol–water partition coefficient (Wildman–Crippen LogP) is 4.29. The Hall–Kier alpha value is -2.97. The van der Waals surface area contributed by atoms with E-state index in [4.69, 9.17) is 10.8 Å². The summed E-state index contributed by atoms with van der Waals surface area (Å²) >= 11 is 0. The zero-order chi connectivity index (χ0) is 25.8. The van der Waals surface area contributed by atoms with Gasteiger partial charge in [0.15, 0.2) is 0 Å². The van der Waals surface area contributed by atoms with Crippen molar-refractivity contribution in [2.45, 2.75) is 88.4 Å². The summed E-state index contributed by atoms with van der Waals surface area (Å²) in [6, 6.07) is 9.19. The molecular weight excluding hydrogens is 464 g/mol. The summed E-state index contributed by atoms with van der Waals surface area (Å²) in [5.74, 6) is 0.0586. The number of carbonyl (C=O) groups is 1. The van der Waals surface area contributed by atoms with E-state index in [-0.39, 0.29) is 17.3 Å². The Morgan fingerprint density at radius 2 is 1.76 bits per heavy atom. The first-order chi connectivity index (χ1) is 17.7. The van der Waals surface area contributed by atoms with Gasteiger partial charge in [-0.1, -0.05) is 6.07 Å². The van der Waals surface area contributed by atoms with Crippen LogP contribution in [0.1, 0.15) is 81.6 Å². The maximum Gasteiger partial charge on any atom is 0.255 e. The van der Waals surface area contributed by atoms with Crippen LogP contribution in [0.15, 0.2) is 36.7 Å². The van der Waals surface area contributed by atoms with Crippen molar-refractivity contribution in [1.82, 2.24) is 25.0 Å². The molecule has 1 amide bonds. The van der Waals surface area contributed by atoms with Gasteiger partial charge in [-0.05, 0) is 89.0 Å². The molecule has 7 rings (SSSR count). The number of aliphatic hydroxyl groups is 1. The average Bonchev–Trinajstić information content (AvgIpc) is 3.33. The van der Waals surface area contributed by atoms with Gasteiger partial charge in [-0.15, -0.1) is 0 Å². The number of carbonyl (C=O) groups excluding carboxylic acids is 1. The number of amides is 1. The number of nitrogen functional groups attached to an aromatic ring is 1. The zero-order valence-electron chi connectivity index (χ0n) is 21.9. The fourth-order valence-electron chi connectivity index (χ4n) is 6.65. The molecule has 0 unspecified atom stereocenters. The first kappa shape index (κ1) is 24.4. The first-order valence-corrected chi connectivity index (χ1v) is 13.8. The van der Waals surface area contributed by atoms with E-state index in [1.165, 1.54) is 0 Å². The van der Waals surface area contributed by atoms with E-state index in [0.717, 1.165) is 86.5 Å². The van der Waals surface area contributed by atoms with Crippen LogP contribution in [0, 0.1) is 0 Å². The fraction of sp³-hybridized carbons (Fsp3) is 0.552. The van der Waals surface area contributed by atoms with Crippen LogP contribution in [0.3, 0.4) is 0 Å². The number of nitrogens with zero attached hydrogens (tertiary/aromatic N) is 4. The highest BCUT2D eigenvalue weighted by Crippen LogP contribution is 2.47. The van der Waals surface area contributed by atoms with Crippen molar-refractivity contribution in [1.29, 1.82) is 0 Å². The van der Waals surface area contributed by atoms with Crippen LogP contribution in [0.2, 0.25) is 0 Å². The van der Waals surface area contributed by atoms with Gasteiger partial charge >= 0.3 is 0 Å². The Morgan fingerprint density at radius 1 is 1.05 bits per heavy atom. The van der Waals surface area contributed by atoms with Gasteiger partial charge in [0.05, 0.1) is 28.9 Å². The third kappa shape index (κ3) is 4.50. The van der Waals surface area contributed by atoms with E-state index >= 15 is 0 Å². The number of likely N-dealkylation sites (tertiary alicyclic amines) is 1. The lowest BCUT2D eigenvalue weighted by Crippen LogP contribution is -2.58. The molecule has 0 radical (unpaired) electrons. The summed E-state index contributed by atoms with van der Waals surface area (Å²) in [6.45, 7) is 6.73. The summed E-state index contributed by atoms with van der Waals surface area (Å²) in [4.78, 5) is 20.2. The molecule has 8 heteroatoms. The molecule has 2 aromatic heterocycles. The smallest absolute Gasteiger partial charge is 0.255 e. The van der Waals surface area contributed by atoms with Crippen LogP contribution in [-0.4, -0.2) is 60.9 Å². The van der Waals surface area contributed by atoms with Crippen LogP contribution < -0.4 is 11.1 Å². The molecule has 0 spiro atoms. The Bertz CT molecular complexity index is 1300. The molecule has 3 saturated carbocycles. The summed E-state index contributed by atoms with van der Waals surface area (Å²) < 4.78 is 2.19. The molecule has 8 nitrogen and oxygen atoms in total. The van der Waals surface area contributed by atoms with Gasteiger partial charge in [-0.25, -0.2) is 4.98 Å². The normalized spacial score (nSPS) is 26.7. The summed E-state index contributed by atoms with van der Waals surface area (Å²) in [5, 5.41) is 19.6. The second-order valence-corrected chi connectivity index (χ2v) is 11.8. The van der Waals surface area contributed by atoms with E-state index in [2.05, 4.69) is 51.9 Å². The number of benzene rings is 1. The molecular formula is C29H38N6O2. The molecule has 196 valence electrons. The number of anilines is 1. The molecule has 4 N–H and O–H groups in total. The zero-order valence-corrected chi connectivity index (χ0v) is 21.9. The van der Waals surface area contributed by atoms with Gasteiger partial charge in [0.1, 0.15) is 5.82 Å². The minimum Gasteiger partial charge on any atom is -0.390 e. The summed E-state index contributed by atoms with van der Waals surface area (Å²) in [6.07, 6.45) is 10.5. The van der Waals surface area contributed by atoms with Crippen LogP contribution in [0.5, 0.6) is 0 Å². The number of piperidine rings is 1. The van der Waals surface area contributed by atoms with Crippen LogP contribution in [0.25, 0.3) is 22.0 Å². The van der Waals surface area contributed by atoms with Crippen molar-refractivity contribution >= 4 is 22.6 Å². The molecule has 1 aliphatic heterocycles. The van der Waals surface area contributed by atoms with Crippen LogP contribution >= 0.6 is 0 Å². The molecule has 0 atom stereocenters. The molecule has 4 aliphatic rings. The molecule has 1 aromatic carbocycles. The number of pyridine rings is 1. The van der Waals surface area contributed by atoms with E-state index in [0.29, 0.717) is 17.6 Å². The SMILES string of the molecule is CC(C)N1CCC(n2ncc3cc(-c4cnc(N)c(C(=O)NC56CCC(O)(CC5)CC6)c4)ccc32)CC1.